The third kappa shape index (κ3) is 6.32. The number of sulfonamides is 1. The predicted molar refractivity (Wildman–Crippen MR) is 116 cm³/mol. The van der Waals surface area contributed by atoms with Crippen molar-refractivity contribution < 1.29 is 27.6 Å². The van der Waals surface area contributed by atoms with Crippen molar-refractivity contribution in [2.24, 2.45) is 0 Å². The van der Waals surface area contributed by atoms with E-state index in [-0.39, 0.29) is 17.1 Å². The van der Waals surface area contributed by atoms with Gasteiger partial charge in [-0.25, -0.2) is 8.42 Å². The first-order valence-electron chi connectivity index (χ1n) is 9.39. The van der Waals surface area contributed by atoms with Crippen LogP contribution >= 0.6 is 0 Å². The Morgan fingerprint density at radius 1 is 1.23 bits per heavy atom. The summed E-state index contributed by atoms with van der Waals surface area (Å²) in [5.41, 5.74) is 0.381. The van der Waals surface area contributed by atoms with Crippen LogP contribution in [0.4, 0.5) is 11.4 Å². The van der Waals surface area contributed by atoms with E-state index in [2.05, 4.69) is 5.32 Å². The van der Waals surface area contributed by atoms with E-state index in [0.29, 0.717) is 12.4 Å². The number of nitrogens with one attached hydrogen (secondary N) is 1. The number of anilines is 1. The number of nitro benzene ring substituents is 1. The molecule has 0 fully saturated rings. The monoisotopic (exact) mass is 451 g/mol. The zero-order chi connectivity index (χ0) is 23.2. The van der Waals surface area contributed by atoms with Crippen molar-refractivity contribution in [3.8, 4) is 11.5 Å². The molecule has 0 saturated heterocycles. The molecule has 1 amide bonds. The molecule has 0 bridgehead atoms. The van der Waals surface area contributed by atoms with Crippen LogP contribution in [0.15, 0.2) is 42.5 Å². The summed E-state index contributed by atoms with van der Waals surface area (Å²) in [6.07, 6.45) is 0.911. The third-order valence-electron chi connectivity index (χ3n) is 4.40. The number of carbonyl (C=O) groups is 1. The van der Waals surface area contributed by atoms with Gasteiger partial charge in [-0.3, -0.25) is 19.2 Å². The van der Waals surface area contributed by atoms with E-state index in [1.807, 2.05) is 6.92 Å². The van der Waals surface area contributed by atoms with E-state index < -0.39 is 33.4 Å². The predicted octanol–water partition coefficient (Wildman–Crippen LogP) is 2.65. The van der Waals surface area contributed by atoms with E-state index in [1.54, 1.807) is 31.2 Å². The Bertz CT molecular complexity index is 1040. The van der Waals surface area contributed by atoms with Crippen molar-refractivity contribution in [1.82, 2.24) is 5.32 Å². The average molecular weight is 452 g/mol. The molecule has 10 nitrogen and oxygen atoms in total. The summed E-state index contributed by atoms with van der Waals surface area (Å²) in [4.78, 5) is 23.1. The summed E-state index contributed by atoms with van der Waals surface area (Å²) in [5, 5.41) is 13.9. The highest BCUT2D eigenvalue weighted by atomic mass is 32.2. The SMILES string of the molecule is CCOc1ccc([C@@H](C)NC(=O)CN(c2cc([N+](=O)[O-])ccc2OC)S(C)(=O)=O)cc1. The largest absolute Gasteiger partial charge is 0.495 e. The number of hydrogen-bond acceptors (Lipinski definition) is 7. The van der Waals surface area contributed by atoms with Gasteiger partial charge in [0, 0.05) is 12.1 Å². The molecule has 0 unspecified atom stereocenters. The lowest BCUT2D eigenvalue weighted by Gasteiger charge is -2.24. The van der Waals surface area contributed by atoms with E-state index >= 15 is 0 Å². The number of amides is 1. The van der Waals surface area contributed by atoms with Crippen LogP contribution in [-0.4, -0.2) is 45.8 Å². The lowest BCUT2D eigenvalue weighted by atomic mass is 10.1. The number of nitrogens with zero attached hydrogens (tertiary/aromatic N) is 2. The van der Waals surface area contributed by atoms with Crippen LogP contribution in [0, 0.1) is 10.1 Å². The zero-order valence-corrected chi connectivity index (χ0v) is 18.5. The summed E-state index contributed by atoms with van der Waals surface area (Å²) in [6, 6.07) is 10.3. The normalized spacial score (nSPS) is 12.0. The quantitative estimate of drug-likeness (QED) is 0.434. The molecule has 0 aromatic heterocycles. The molecular weight excluding hydrogens is 426 g/mol. The highest BCUT2D eigenvalue weighted by Gasteiger charge is 2.26. The zero-order valence-electron chi connectivity index (χ0n) is 17.7. The summed E-state index contributed by atoms with van der Waals surface area (Å²) >= 11 is 0. The minimum Gasteiger partial charge on any atom is -0.495 e. The Morgan fingerprint density at radius 2 is 1.87 bits per heavy atom. The summed E-state index contributed by atoms with van der Waals surface area (Å²) in [7, 11) is -2.64. The van der Waals surface area contributed by atoms with E-state index in [1.165, 1.54) is 19.2 Å². The minimum atomic E-state index is -3.95. The maximum absolute atomic E-state index is 12.6. The lowest BCUT2D eigenvalue weighted by molar-refractivity contribution is -0.384. The van der Waals surface area contributed by atoms with Gasteiger partial charge in [0.25, 0.3) is 5.69 Å². The Kier molecular flexibility index (Phi) is 7.81. The van der Waals surface area contributed by atoms with Crippen LogP contribution in [0.5, 0.6) is 11.5 Å². The standard InChI is InChI=1S/C20H25N3O7S/c1-5-30-17-9-6-15(7-10-17)14(2)21-20(24)13-22(31(4,27)28)18-12-16(23(25)26)8-11-19(18)29-3/h6-12,14H,5,13H2,1-4H3,(H,21,24)/t14-/m1/s1. The molecular formula is C20H25N3O7S. The van der Waals surface area contributed by atoms with Gasteiger partial charge < -0.3 is 14.8 Å². The fourth-order valence-electron chi connectivity index (χ4n) is 2.89. The molecule has 0 aliphatic heterocycles. The highest BCUT2D eigenvalue weighted by Crippen LogP contribution is 2.33. The van der Waals surface area contributed by atoms with Crippen LogP contribution < -0.4 is 19.1 Å². The smallest absolute Gasteiger partial charge is 0.271 e. The maximum Gasteiger partial charge on any atom is 0.271 e. The molecule has 0 radical (unpaired) electrons. The number of methoxy groups -OCH3 is 1. The van der Waals surface area contributed by atoms with Gasteiger partial charge in [0.15, 0.2) is 0 Å². The number of non-ortho nitro benzene ring substituents is 1. The second kappa shape index (κ2) is 10.1. The van der Waals surface area contributed by atoms with E-state index in [0.717, 1.165) is 22.2 Å². The molecule has 0 saturated carbocycles. The van der Waals surface area contributed by atoms with Crippen molar-refractivity contribution in [3.63, 3.8) is 0 Å². The Labute approximate surface area is 181 Å². The summed E-state index contributed by atoms with van der Waals surface area (Å²) in [6.45, 7) is 3.60. The van der Waals surface area contributed by atoms with Crippen LogP contribution in [0.25, 0.3) is 0 Å². The third-order valence-corrected chi connectivity index (χ3v) is 5.52. The van der Waals surface area contributed by atoms with Gasteiger partial charge in [-0.1, -0.05) is 12.1 Å². The first-order valence-corrected chi connectivity index (χ1v) is 11.2. The molecule has 2 aromatic carbocycles. The fraction of sp³-hybridized carbons (Fsp3) is 0.350. The van der Waals surface area contributed by atoms with Crippen LogP contribution in [0.1, 0.15) is 25.5 Å². The van der Waals surface area contributed by atoms with Crippen molar-refractivity contribution in [2.45, 2.75) is 19.9 Å². The number of carbonyl (C=O) groups excluding carboxylic acids is 1. The molecule has 2 rings (SSSR count). The first-order chi connectivity index (χ1) is 14.6. The van der Waals surface area contributed by atoms with Crippen LogP contribution in [-0.2, 0) is 14.8 Å². The molecule has 11 heteroatoms. The number of ether oxygens (including phenoxy) is 2. The average Bonchev–Trinajstić information content (AvgIpc) is 2.71. The topological polar surface area (TPSA) is 128 Å². The number of hydrogen-bond donors (Lipinski definition) is 1. The van der Waals surface area contributed by atoms with E-state index in [9.17, 15) is 23.3 Å². The van der Waals surface area contributed by atoms with Gasteiger partial charge in [0.1, 0.15) is 23.7 Å². The summed E-state index contributed by atoms with van der Waals surface area (Å²) < 4.78 is 36.1. The summed E-state index contributed by atoms with van der Waals surface area (Å²) in [5.74, 6) is 0.203. The number of benzene rings is 2. The van der Waals surface area contributed by atoms with Crippen molar-refractivity contribution in [3.05, 3.63) is 58.1 Å². The van der Waals surface area contributed by atoms with Gasteiger partial charge >= 0.3 is 0 Å². The van der Waals surface area contributed by atoms with E-state index in [4.69, 9.17) is 9.47 Å². The molecule has 2 aromatic rings. The van der Waals surface area contributed by atoms with Crippen LogP contribution in [0.3, 0.4) is 0 Å². The molecule has 0 aliphatic rings. The van der Waals surface area contributed by atoms with Gasteiger partial charge in [-0.2, -0.15) is 0 Å². The number of rotatable bonds is 10. The minimum absolute atomic E-state index is 0.0865. The number of nitro groups is 1. The Hall–Kier alpha value is -3.34. The Balaban J connectivity index is 2.24. The molecule has 0 spiro atoms. The van der Waals surface area contributed by atoms with Gasteiger partial charge in [-0.05, 0) is 37.6 Å². The van der Waals surface area contributed by atoms with Gasteiger partial charge in [-0.15, -0.1) is 0 Å². The fourth-order valence-corrected chi connectivity index (χ4v) is 3.74. The van der Waals surface area contributed by atoms with Crippen LogP contribution in [0.2, 0.25) is 0 Å². The van der Waals surface area contributed by atoms with Crippen molar-refractivity contribution in [2.75, 3.05) is 30.8 Å². The molecule has 1 N–H and O–H groups in total. The lowest BCUT2D eigenvalue weighted by Crippen LogP contribution is -2.41. The molecule has 31 heavy (non-hydrogen) atoms. The highest BCUT2D eigenvalue weighted by molar-refractivity contribution is 7.92. The van der Waals surface area contributed by atoms with Gasteiger partial charge in [0.2, 0.25) is 15.9 Å². The second-order valence-corrected chi connectivity index (χ2v) is 8.58. The molecule has 1 atom stereocenters. The van der Waals surface area contributed by atoms with Gasteiger partial charge in [0.05, 0.1) is 30.9 Å². The molecule has 0 heterocycles. The van der Waals surface area contributed by atoms with Crippen molar-refractivity contribution in [1.29, 1.82) is 0 Å². The Morgan fingerprint density at radius 3 is 2.39 bits per heavy atom. The van der Waals surface area contributed by atoms with Crippen molar-refractivity contribution >= 4 is 27.3 Å². The second-order valence-electron chi connectivity index (χ2n) is 6.67. The first kappa shape index (κ1) is 23.9. The molecule has 168 valence electrons. The maximum atomic E-state index is 12.6. The molecule has 0 aliphatic carbocycles.